The van der Waals surface area contributed by atoms with Crippen LogP contribution in [0, 0.1) is 0 Å². The number of alkyl halides is 3. The molecule has 5 heteroatoms. The van der Waals surface area contributed by atoms with Crippen LogP contribution >= 0.6 is 34.8 Å². The van der Waals surface area contributed by atoms with Crippen molar-refractivity contribution in [1.82, 2.24) is 3.98 Å². The maximum atomic E-state index is 5.76. The average Bonchev–Trinajstić information content (AvgIpc) is 2.67. The van der Waals surface area contributed by atoms with Crippen LogP contribution in [0.4, 0.5) is 0 Å². The first-order valence-electron chi connectivity index (χ1n) is 4.17. The molecule has 0 N–H and O–H groups in total. The average molecular weight is 325 g/mol. The zero-order valence-electron chi connectivity index (χ0n) is 7.45. The van der Waals surface area contributed by atoms with Gasteiger partial charge in [-0.05, 0) is 0 Å². The van der Waals surface area contributed by atoms with Gasteiger partial charge in [0, 0.05) is 0 Å². The van der Waals surface area contributed by atoms with E-state index in [1.807, 2.05) is 36.4 Å². The SMILES string of the molecule is ClC(Cl)(Cl)c1cc(-c2ccccc2)[se]n1. The zero-order valence-corrected chi connectivity index (χ0v) is 11.4. The molecule has 0 aliphatic rings. The third kappa shape index (κ3) is 2.77. The van der Waals surface area contributed by atoms with E-state index in [2.05, 4.69) is 3.98 Å². The van der Waals surface area contributed by atoms with E-state index >= 15 is 0 Å². The van der Waals surface area contributed by atoms with Gasteiger partial charge >= 0.3 is 109 Å². The van der Waals surface area contributed by atoms with Crippen LogP contribution in [-0.2, 0) is 3.79 Å². The normalized spacial score (nSPS) is 11.7. The monoisotopic (exact) mass is 325 g/mol. The Morgan fingerprint density at radius 2 is 1.73 bits per heavy atom. The molecule has 0 atom stereocenters. The van der Waals surface area contributed by atoms with E-state index in [1.54, 1.807) is 0 Å². The molecule has 0 saturated carbocycles. The molecular weight excluding hydrogens is 319 g/mol. The molecule has 1 nitrogen and oxygen atoms in total. The quantitative estimate of drug-likeness (QED) is 0.576. The molecule has 2 rings (SSSR count). The summed E-state index contributed by atoms with van der Waals surface area (Å²) in [7, 11) is 0. The Hall–Kier alpha value is 0.0195. The number of hydrogen-bond donors (Lipinski definition) is 0. The molecule has 15 heavy (non-hydrogen) atoms. The molecular formula is C10H6Cl3NSe. The fourth-order valence-corrected chi connectivity index (χ4v) is 3.44. The number of rotatable bonds is 1. The van der Waals surface area contributed by atoms with Gasteiger partial charge < -0.3 is 0 Å². The van der Waals surface area contributed by atoms with E-state index in [9.17, 15) is 0 Å². The summed E-state index contributed by atoms with van der Waals surface area (Å²) in [6.45, 7) is 0. The standard InChI is InChI=1S/C10H6Cl3NSe/c11-10(12,13)9-6-8(15-14-9)7-4-2-1-3-5-7/h1-6H. The van der Waals surface area contributed by atoms with Crippen LogP contribution in [0.5, 0.6) is 0 Å². The second kappa shape index (κ2) is 4.48. The van der Waals surface area contributed by atoms with Gasteiger partial charge in [0.05, 0.1) is 0 Å². The third-order valence-corrected chi connectivity index (χ3v) is 4.20. The van der Waals surface area contributed by atoms with E-state index in [1.165, 1.54) is 0 Å². The molecule has 0 aliphatic carbocycles. The molecule has 1 aromatic heterocycles. The zero-order chi connectivity index (χ0) is 10.9. The van der Waals surface area contributed by atoms with Crippen LogP contribution in [0.15, 0.2) is 36.4 Å². The summed E-state index contributed by atoms with van der Waals surface area (Å²) in [5.74, 6) is 0. The summed E-state index contributed by atoms with van der Waals surface area (Å²) in [4.78, 5) is 0. The fourth-order valence-electron chi connectivity index (χ4n) is 1.15. The molecule has 0 radical (unpaired) electrons. The summed E-state index contributed by atoms with van der Waals surface area (Å²) in [6, 6.07) is 11.9. The van der Waals surface area contributed by atoms with E-state index in [-0.39, 0.29) is 14.7 Å². The van der Waals surface area contributed by atoms with Crippen molar-refractivity contribution in [2.45, 2.75) is 3.79 Å². The van der Waals surface area contributed by atoms with Gasteiger partial charge in [-0.2, -0.15) is 0 Å². The second-order valence-corrected chi connectivity index (χ2v) is 6.91. The number of halogens is 3. The second-order valence-electron chi connectivity index (χ2n) is 2.94. The Bertz CT molecular complexity index is 447. The fraction of sp³-hybridized carbons (Fsp3) is 0.100. The first-order chi connectivity index (χ1) is 7.07. The van der Waals surface area contributed by atoms with Gasteiger partial charge in [0.25, 0.3) is 0 Å². The Labute approximate surface area is 109 Å². The van der Waals surface area contributed by atoms with E-state index in [4.69, 9.17) is 34.8 Å². The minimum atomic E-state index is -1.40. The van der Waals surface area contributed by atoms with Gasteiger partial charge in [-0.3, -0.25) is 0 Å². The Balaban J connectivity index is 2.37. The third-order valence-electron chi connectivity index (χ3n) is 1.86. The number of benzene rings is 1. The number of hydrogen-bond acceptors (Lipinski definition) is 1. The number of aromatic nitrogens is 1. The van der Waals surface area contributed by atoms with Crippen LogP contribution in [0.25, 0.3) is 10.0 Å². The molecule has 0 bridgehead atoms. The van der Waals surface area contributed by atoms with Crippen molar-refractivity contribution in [1.29, 1.82) is 0 Å². The summed E-state index contributed by atoms with van der Waals surface area (Å²) >= 11 is 17.3. The predicted molar refractivity (Wildman–Crippen MR) is 65.9 cm³/mol. The van der Waals surface area contributed by atoms with Crippen LogP contribution in [0.2, 0.25) is 0 Å². The van der Waals surface area contributed by atoms with Crippen molar-refractivity contribution in [3.63, 3.8) is 0 Å². The van der Waals surface area contributed by atoms with Gasteiger partial charge in [0.1, 0.15) is 0 Å². The molecule has 1 aromatic carbocycles. The van der Waals surface area contributed by atoms with E-state index in [0.717, 1.165) is 10.0 Å². The van der Waals surface area contributed by atoms with Crippen molar-refractivity contribution < 1.29 is 0 Å². The summed E-state index contributed by atoms with van der Waals surface area (Å²) in [6.07, 6.45) is 0. The van der Waals surface area contributed by atoms with Crippen LogP contribution in [0.3, 0.4) is 0 Å². The minimum absolute atomic E-state index is 0.0145. The predicted octanol–water partition coefficient (Wildman–Crippen LogP) is 3.63. The summed E-state index contributed by atoms with van der Waals surface area (Å²) in [5.41, 5.74) is 1.68. The van der Waals surface area contributed by atoms with E-state index < -0.39 is 3.79 Å². The van der Waals surface area contributed by atoms with Crippen molar-refractivity contribution in [3.8, 4) is 10.0 Å². The van der Waals surface area contributed by atoms with Crippen LogP contribution in [0.1, 0.15) is 5.69 Å². The molecule has 1 heterocycles. The van der Waals surface area contributed by atoms with Crippen molar-refractivity contribution in [2.75, 3.05) is 0 Å². The van der Waals surface area contributed by atoms with Gasteiger partial charge in [0.15, 0.2) is 0 Å². The Kier molecular flexibility index (Phi) is 3.44. The molecule has 0 aliphatic heterocycles. The van der Waals surface area contributed by atoms with Crippen LogP contribution in [-0.4, -0.2) is 18.7 Å². The molecule has 0 fully saturated rings. The maximum absolute atomic E-state index is 5.76. The molecule has 78 valence electrons. The van der Waals surface area contributed by atoms with Crippen LogP contribution < -0.4 is 0 Å². The van der Waals surface area contributed by atoms with E-state index in [0.29, 0.717) is 5.69 Å². The molecule has 0 amide bonds. The molecule has 0 spiro atoms. The topological polar surface area (TPSA) is 12.9 Å². The van der Waals surface area contributed by atoms with Crippen molar-refractivity contribution in [3.05, 3.63) is 42.1 Å². The Morgan fingerprint density at radius 1 is 1.07 bits per heavy atom. The molecule has 0 saturated heterocycles. The summed E-state index contributed by atoms with van der Waals surface area (Å²) < 4.78 is 3.99. The number of nitrogens with zero attached hydrogens (tertiary/aromatic N) is 1. The van der Waals surface area contributed by atoms with Crippen molar-refractivity contribution >= 4 is 49.5 Å². The Morgan fingerprint density at radius 3 is 2.27 bits per heavy atom. The van der Waals surface area contributed by atoms with Gasteiger partial charge in [-0.25, -0.2) is 0 Å². The first kappa shape index (κ1) is 11.5. The van der Waals surface area contributed by atoms with Gasteiger partial charge in [-0.1, -0.05) is 0 Å². The van der Waals surface area contributed by atoms with Gasteiger partial charge in [-0.15, -0.1) is 0 Å². The molecule has 2 aromatic rings. The first-order valence-corrected chi connectivity index (χ1v) is 6.92. The summed E-state index contributed by atoms with van der Waals surface area (Å²) in [5, 5.41) is 0. The van der Waals surface area contributed by atoms with Gasteiger partial charge in [0.2, 0.25) is 0 Å². The van der Waals surface area contributed by atoms with Crippen molar-refractivity contribution in [2.24, 2.45) is 0 Å². The molecule has 0 unspecified atom stereocenters.